The molecule has 21 heavy (non-hydrogen) atoms. The van der Waals surface area contributed by atoms with Crippen molar-refractivity contribution in [3.8, 4) is 0 Å². The number of carboxylic acid groups (broad SMARTS) is 1. The van der Waals surface area contributed by atoms with E-state index in [1.807, 2.05) is 6.92 Å². The van der Waals surface area contributed by atoms with Gasteiger partial charge in [-0.15, -0.1) is 11.3 Å². The van der Waals surface area contributed by atoms with Crippen LogP contribution in [-0.4, -0.2) is 36.4 Å². The quantitative estimate of drug-likeness (QED) is 0.797. The molecule has 0 aromatic carbocycles. The van der Waals surface area contributed by atoms with Gasteiger partial charge >= 0.3 is 12.0 Å². The molecule has 3 N–H and O–H groups in total. The van der Waals surface area contributed by atoms with E-state index in [4.69, 9.17) is 4.74 Å². The molecule has 0 aliphatic carbocycles. The lowest BCUT2D eigenvalue weighted by molar-refractivity contribution is 0.0187. The summed E-state index contributed by atoms with van der Waals surface area (Å²) in [5.41, 5.74) is 0.861. The number of rotatable bonds is 4. The van der Waals surface area contributed by atoms with Crippen LogP contribution in [0.3, 0.4) is 0 Å². The first-order valence-electron chi connectivity index (χ1n) is 6.98. The molecular formula is C14H20N2O4S. The molecule has 2 amide bonds. The Morgan fingerprint density at radius 1 is 1.38 bits per heavy atom. The normalized spacial score (nSPS) is 18.3. The molecule has 1 unspecified atom stereocenters. The average molecular weight is 312 g/mol. The first-order chi connectivity index (χ1) is 9.99. The van der Waals surface area contributed by atoms with Gasteiger partial charge in [-0.05, 0) is 38.7 Å². The van der Waals surface area contributed by atoms with Gasteiger partial charge in [-0.25, -0.2) is 9.59 Å². The number of hydrogen-bond donors (Lipinski definition) is 3. The smallest absolute Gasteiger partial charge is 0.338 e. The van der Waals surface area contributed by atoms with Gasteiger partial charge in [-0.2, -0.15) is 0 Å². The van der Waals surface area contributed by atoms with Crippen LogP contribution in [-0.2, 0) is 4.74 Å². The Kier molecular flexibility index (Phi) is 5.19. The van der Waals surface area contributed by atoms with Crippen molar-refractivity contribution in [2.45, 2.75) is 39.2 Å². The predicted octanol–water partition coefficient (Wildman–Crippen LogP) is 2.75. The summed E-state index contributed by atoms with van der Waals surface area (Å²) < 4.78 is 5.53. The maximum atomic E-state index is 11.9. The zero-order valence-corrected chi connectivity index (χ0v) is 13.0. The summed E-state index contributed by atoms with van der Waals surface area (Å²) >= 11 is 1.28. The molecular weight excluding hydrogens is 292 g/mol. The molecule has 116 valence electrons. The van der Waals surface area contributed by atoms with Crippen LogP contribution in [0.1, 0.15) is 40.1 Å². The fourth-order valence-corrected chi connectivity index (χ4v) is 3.34. The Bertz CT molecular complexity index is 535. The number of nitrogens with one attached hydrogen (secondary N) is 2. The topological polar surface area (TPSA) is 87.7 Å². The molecule has 2 heterocycles. The van der Waals surface area contributed by atoms with Gasteiger partial charge in [0, 0.05) is 18.0 Å². The number of aromatic carboxylic acids is 1. The number of carbonyl (C=O) groups excluding carboxylic acids is 1. The van der Waals surface area contributed by atoms with Crippen molar-refractivity contribution < 1.29 is 19.4 Å². The van der Waals surface area contributed by atoms with Crippen molar-refractivity contribution in [3.63, 3.8) is 0 Å². The van der Waals surface area contributed by atoms with Crippen LogP contribution in [0, 0.1) is 13.8 Å². The van der Waals surface area contributed by atoms with Crippen molar-refractivity contribution in [3.05, 3.63) is 16.0 Å². The molecule has 0 saturated carbocycles. The molecule has 6 nitrogen and oxygen atoms in total. The zero-order chi connectivity index (χ0) is 15.4. The highest BCUT2D eigenvalue weighted by atomic mass is 32.1. The van der Waals surface area contributed by atoms with Crippen LogP contribution in [0.25, 0.3) is 0 Å². The SMILES string of the molecule is Cc1sc(NC(=O)NCC2CCCCO2)c(C(=O)O)c1C. The summed E-state index contributed by atoms with van der Waals surface area (Å²) in [5, 5.41) is 15.0. The molecule has 1 saturated heterocycles. The lowest BCUT2D eigenvalue weighted by atomic mass is 10.1. The van der Waals surface area contributed by atoms with Crippen LogP contribution >= 0.6 is 11.3 Å². The molecule has 1 aromatic rings. The van der Waals surface area contributed by atoms with Crippen molar-refractivity contribution in [2.24, 2.45) is 0 Å². The van der Waals surface area contributed by atoms with Crippen LogP contribution in [0.5, 0.6) is 0 Å². The van der Waals surface area contributed by atoms with Crippen molar-refractivity contribution in [1.29, 1.82) is 0 Å². The summed E-state index contributed by atoms with van der Waals surface area (Å²) in [4.78, 5) is 24.0. The van der Waals surface area contributed by atoms with Gasteiger partial charge < -0.3 is 15.2 Å². The van der Waals surface area contributed by atoms with Gasteiger partial charge in [0.2, 0.25) is 0 Å². The van der Waals surface area contributed by atoms with Gasteiger partial charge in [0.05, 0.1) is 11.7 Å². The number of anilines is 1. The number of amides is 2. The minimum absolute atomic E-state index is 0.0512. The minimum Gasteiger partial charge on any atom is -0.478 e. The van der Waals surface area contributed by atoms with E-state index in [0.29, 0.717) is 17.1 Å². The number of carbonyl (C=O) groups is 2. The third-order valence-electron chi connectivity index (χ3n) is 3.59. The van der Waals surface area contributed by atoms with Gasteiger partial charge in [-0.3, -0.25) is 5.32 Å². The Morgan fingerprint density at radius 2 is 2.14 bits per heavy atom. The monoisotopic (exact) mass is 312 g/mol. The number of hydrogen-bond acceptors (Lipinski definition) is 4. The lowest BCUT2D eigenvalue weighted by Gasteiger charge is -2.22. The van der Waals surface area contributed by atoms with Crippen molar-refractivity contribution >= 4 is 28.3 Å². The fraction of sp³-hybridized carbons (Fsp3) is 0.571. The zero-order valence-electron chi connectivity index (χ0n) is 12.2. The molecule has 1 aliphatic heterocycles. The van der Waals surface area contributed by atoms with E-state index in [0.717, 1.165) is 30.7 Å². The van der Waals surface area contributed by atoms with Gasteiger partial charge in [-0.1, -0.05) is 0 Å². The summed E-state index contributed by atoms with van der Waals surface area (Å²) in [6.45, 7) is 4.76. The maximum Gasteiger partial charge on any atom is 0.338 e. The van der Waals surface area contributed by atoms with E-state index in [-0.39, 0.29) is 11.7 Å². The lowest BCUT2D eigenvalue weighted by Crippen LogP contribution is -2.37. The summed E-state index contributed by atoms with van der Waals surface area (Å²) in [5.74, 6) is -1.03. The highest BCUT2D eigenvalue weighted by molar-refractivity contribution is 7.16. The van der Waals surface area contributed by atoms with Gasteiger partial charge in [0.15, 0.2) is 0 Å². The number of aryl methyl sites for hydroxylation is 1. The van der Waals surface area contributed by atoms with E-state index >= 15 is 0 Å². The van der Waals surface area contributed by atoms with Gasteiger partial charge in [0.1, 0.15) is 5.00 Å². The molecule has 1 atom stereocenters. The predicted molar refractivity (Wildman–Crippen MR) is 81.4 cm³/mol. The van der Waals surface area contributed by atoms with Crippen LogP contribution < -0.4 is 10.6 Å². The standard InChI is InChI=1S/C14H20N2O4S/c1-8-9(2)21-12(11(8)13(17)18)16-14(19)15-7-10-5-3-4-6-20-10/h10H,3-7H2,1-2H3,(H,17,18)(H2,15,16,19). The summed E-state index contributed by atoms with van der Waals surface area (Å²) in [6, 6.07) is -0.395. The Morgan fingerprint density at radius 3 is 2.76 bits per heavy atom. The minimum atomic E-state index is -1.03. The molecule has 7 heteroatoms. The third-order valence-corrected chi connectivity index (χ3v) is 4.71. The van der Waals surface area contributed by atoms with E-state index in [2.05, 4.69) is 10.6 Å². The molecule has 1 aromatic heterocycles. The summed E-state index contributed by atoms with van der Waals surface area (Å²) in [7, 11) is 0. The van der Waals surface area contributed by atoms with Crippen molar-refractivity contribution in [1.82, 2.24) is 5.32 Å². The number of ether oxygens (including phenoxy) is 1. The number of thiophene rings is 1. The van der Waals surface area contributed by atoms with E-state index < -0.39 is 12.0 Å². The third kappa shape index (κ3) is 3.95. The maximum absolute atomic E-state index is 11.9. The largest absolute Gasteiger partial charge is 0.478 e. The van der Waals surface area contributed by atoms with Gasteiger partial charge in [0.25, 0.3) is 0 Å². The van der Waals surface area contributed by atoms with E-state index in [9.17, 15) is 14.7 Å². The molecule has 0 bridgehead atoms. The van der Waals surface area contributed by atoms with Crippen LogP contribution in [0.15, 0.2) is 0 Å². The second kappa shape index (κ2) is 6.91. The number of urea groups is 1. The molecule has 2 rings (SSSR count). The second-order valence-corrected chi connectivity index (χ2v) is 6.34. The Labute approximate surface area is 127 Å². The number of carboxylic acids is 1. The molecule has 0 radical (unpaired) electrons. The van der Waals surface area contributed by atoms with Crippen LogP contribution in [0.4, 0.5) is 9.80 Å². The van der Waals surface area contributed by atoms with E-state index in [1.165, 1.54) is 11.3 Å². The Hall–Kier alpha value is -1.60. The molecule has 1 fully saturated rings. The van der Waals surface area contributed by atoms with Crippen molar-refractivity contribution in [2.75, 3.05) is 18.5 Å². The summed E-state index contributed by atoms with van der Waals surface area (Å²) in [6.07, 6.45) is 3.17. The first-order valence-corrected chi connectivity index (χ1v) is 7.80. The molecule has 1 aliphatic rings. The molecule has 0 spiro atoms. The Balaban J connectivity index is 1.93. The van der Waals surface area contributed by atoms with Crippen LogP contribution in [0.2, 0.25) is 0 Å². The highest BCUT2D eigenvalue weighted by Gasteiger charge is 2.21. The first kappa shape index (κ1) is 15.8. The van der Waals surface area contributed by atoms with E-state index in [1.54, 1.807) is 6.92 Å². The fourth-order valence-electron chi connectivity index (χ4n) is 2.29. The average Bonchev–Trinajstić information content (AvgIpc) is 2.72. The second-order valence-electron chi connectivity index (χ2n) is 5.12. The highest BCUT2D eigenvalue weighted by Crippen LogP contribution is 2.32.